The first-order valence-electron chi connectivity index (χ1n) is 12.5. The smallest absolute Gasteiger partial charge is 0.139 e. The summed E-state index contributed by atoms with van der Waals surface area (Å²) >= 11 is 1.91. The highest BCUT2D eigenvalue weighted by Gasteiger charge is 2.21. The average molecular weight is 478 g/mol. The Kier molecular flexibility index (Phi) is 5.05. The standard InChI is InChI=1S/C32H31NOS/c1-18(2)13-28-19(3)23-16-24-27(17-29(23)35-28)34-26-11-12-33-31(30(24)26)21-14-20-9-7-8-10-22(20)25(15-21)32(4,5)6/h7-12,14-18H,13H2,1-6H3. The summed E-state index contributed by atoms with van der Waals surface area (Å²) in [6, 6.07) is 19.8. The van der Waals surface area contributed by atoms with Crippen LogP contribution in [0.5, 0.6) is 0 Å². The lowest BCUT2D eigenvalue weighted by Crippen LogP contribution is -2.12. The highest BCUT2D eigenvalue weighted by atomic mass is 32.1. The molecule has 0 saturated heterocycles. The largest absolute Gasteiger partial charge is 0.456 e. The van der Waals surface area contributed by atoms with Gasteiger partial charge in [-0.25, -0.2) is 0 Å². The van der Waals surface area contributed by atoms with Crippen molar-refractivity contribution in [2.75, 3.05) is 0 Å². The molecule has 3 heteroatoms. The summed E-state index contributed by atoms with van der Waals surface area (Å²) in [5.41, 5.74) is 6.74. The Morgan fingerprint density at radius 3 is 2.49 bits per heavy atom. The topological polar surface area (TPSA) is 26.0 Å². The van der Waals surface area contributed by atoms with Gasteiger partial charge in [0.1, 0.15) is 11.2 Å². The average Bonchev–Trinajstić information content (AvgIpc) is 3.32. The zero-order valence-corrected chi connectivity index (χ0v) is 22.1. The van der Waals surface area contributed by atoms with Gasteiger partial charge in [-0.1, -0.05) is 58.9 Å². The van der Waals surface area contributed by atoms with Crippen molar-refractivity contribution in [2.24, 2.45) is 5.92 Å². The summed E-state index contributed by atoms with van der Waals surface area (Å²) in [5, 5.41) is 6.15. The van der Waals surface area contributed by atoms with E-state index in [4.69, 9.17) is 9.40 Å². The summed E-state index contributed by atoms with van der Waals surface area (Å²) in [6.45, 7) is 13.7. The molecule has 0 radical (unpaired) electrons. The van der Waals surface area contributed by atoms with Crippen molar-refractivity contribution in [2.45, 2.75) is 53.4 Å². The Balaban J connectivity index is 1.65. The number of furan rings is 1. The van der Waals surface area contributed by atoms with Crippen molar-refractivity contribution < 1.29 is 4.42 Å². The second kappa shape index (κ2) is 7.93. The zero-order chi connectivity index (χ0) is 24.5. The van der Waals surface area contributed by atoms with E-state index in [1.54, 1.807) is 0 Å². The third kappa shape index (κ3) is 3.65. The number of thiophene rings is 1. The molecule has 3 heterocycles. The molecule has 0 aliphatic rings. The molecular formula is C32H31NOS. The molecular weight excluding hydrogens is 446 g/mol. The van der Waals surface area contributed by atoms with Gasteiger partial charge in [0.25, 0.3) is 0 Å². The van der Waals surface area contributed by atoms with Gasteiger partial charge in [-0.15, -0.1) is 11.3 Å². The molecule has 3 aromatic heterocycles. The molecule has 0 aliphatic heterocycles. The van der Waals surface area contributed by atoms with Gasteiger partial charge in [0.05, 0.1) is 11.1 Å². The van der Waals surface area contributed by atoms with Crippen LogP contribution in [0.1, 0.15) is 50.6 Å². The minimum absolute atomic E-state index is 0.0226. The number of aryl methyl sites for hydroxylation is 1. The first-order valence-corrected chi connectivity index (χ1v) is 13.3. The maximum atomic E-state index is 6.40. The summed E-state index contributed by atoms with van der Waals surface area (Å²) < 4.78 is 7.71. The number of pyridine rings is 1. The number of nitrogens with zero attached hydrogens (tertiary/aromatic N) is 1. The van der Waals surface area contributed by atoms with Crippen LogP contribution in [0.25, 0.3) is 54.1 Å². The monoisotopic (exact) mass is 477 g/mol. The molecule has 3 aromatic carbocycles. The minimum Gasteiger partial charge on any atom is -0.456 e. The third-order valence-corrected chi connectivity index (χ3v) is 8.35. The fraction of sp³-hybridized carbons (Fsp3) is 0.281. The SMILES string of the molecule is Cc1c(CC(C)C)sc2cc3oc4ccnc(-c5cc(C(C)(C)C)c6ccccc6c5)c4c3cc12. The first-order chi connectivity index (χ1) is 16.7. The summed E-state index contributed by atoms with van der Waals surface area (Å²) in [4.78, 5) is 6.40. The quantitative estimate of drug-likeness (QED) is 0.253. The number of fused-ring (bicyclic) bond motifs is 5. The van der Waals surface area contributed by atoms with Crippen LogP contribution in [0.2, 0.25) is 0 Å². The van der Waals surface area contributed by atoms with E-state index in [9.17, 15) is 0 Å². The fourth-order valence-corrected chi connectivity index (χ4v) is 6.77. The van der Waals surface area contributed by atoms with Crippen LogP contribution in [0.3, 0.4) is 0 Å². The summed E-state index contributed by atoms with van der Waals surface area (Å²) in [5.74, 6) is 0.645. The Morgan fingerprint density at radius 2 is 1.71 bits per heavy atom. The second-order valence-corrected chi connectivity index (χ2v) is 12.4. The molecule has 0 N–H and O–H groups in total. The molecule has 0 fully saturated rings. The molecule has 0 unspecified atom stereocenters. The van der Waals surface area contributed by atoms with Crippen molar-refractivity contribution in [3.8, 4) is 11.3 Å². The highest BCUT2D eigenvalue weighted by molar-refractivity contribution is 7.19. The van der Waals surface area contributed by atoms with Crippen molar-refractivity contribution >= 4 is 54.1 Å². The second-order valence-electron chi connectivity index (χ2n) is 11.2. The number of hydrogen-bond donors (Lipinski definition) is 0. The number of benzene rings is 3. The first kappa shape index (κ1) is 22.3. The van der Waals surface area contributed by atoms with E-state index in [2.05, 4.69) is 90.1 Å². The van der Waals surface area contributed by atoms with E-state index in [0.717, 1.165) is 39.6 Å². The van der Waals surface area contributed by atoms with E-state index >= 15 is 0 Å². The van der Waals surface area contributed by atoms with Crippen LogP contribution in [-0.2, 0) is 11.8 Å². The predicted molar refractivity (Wildman–Crippen MR) is 152 cm³/mol. The molecule has 176 valence electrons. The summed E-state index contributed by atoms with van der Waals surface area (Å²) in [7, 11) is 0. The summed E-state index contributed by atoms with van der Waals surface area (Å²) in [6.07, 6.45) is 2.99. The zero-order valence-electron chi connectivity index (χ0n) is 21.3. The molecule has 6 aromatic rings. The molecule has 0 aliphatic carbocycles. The van der Waals surface area contributed by atoms with Crippen molar-refractivity contribution in [1.29, 1.82) is 0 Å². The van der Waals surface area contributed by atoms with Crippen LogP contribution in [-0.4, -0.2) is 4.98 Å². The van der Waals surface area contributed by atoms with Gasteiger partial charge >= 0.3 is 0 Å². The van der Waals surface area contributed by atoms with Gasteiger partial charge < -0.3 is 4.42 Å². The van der Waals surface area contributed by atoms with Gasteiger partial charge in [0.2, 0.25) is 0 Å². The maximum Gasteiger partial charge on any atom is 0.139 e. The minimum atomic E-state index is 0.0226. The van der Waals surface area contributed by atoms with Gasteiger partial charge in [0, 0.05) is 26.7 Å². The maximum absolute atomic E-state index is 6.40. The molecule has 2 nitrogen and oxygen atoms in total. The van der Waals surface area contributed by atoms with Crippen LogP contribution in [0.15, 0.2) is 65.2 Å². The number of aromatic nitrogens is 1. The molecule has 35 heavy (non-hydrogen) atoms. The molecule has 0 bridgehead atoms. The Morgan fingerprint density at radius 1 is 0.914 bits per heavy atom. The molecule has 0 amide bonds. The van der Waals surface area contributed by atoms with Crippen molar-refractivity contribution in [3.63, 3.8) is 0 Å². The van der Waals surface area contributed by atoms with Gasteiger partial charge in [-0.3, -0.25) is 4.98 Å². The number of rotatable bonds is 3. The lowest BCUT2D eigenvalue weighted by molar-refractivity contribution is 0.596. The molecule has 0 spiro atoms. The van der Waals surface area contributed by atoms with Gasteiger partial charge in [0.15, 0.2) is 0 Å². The van der Waals surface area contributed by atoms with E-state index in [1.165, 1.54) is 36.9 Å². The van der Waals surface area contributed by atoms with E-state index in [-0.39, 0.29) is 5.41 Å². The van der Waals surface area contributed by atoms with Crippen LogP contribution >= 0.6 is 11.3 Å². The Labute approximate surface area is 210 Å². The lowest BCUT2D eigenvalue weighted by atomic mass is 9.82. The van der Waals surface area contributed by atoms with Crippen LogP contribution < -0.4 is 0 Å². The molecule has 0 atom stereocenters. The molecule has 6 rings (SSSR count). The normalized spacial score (nSPS) is 12.7. The third-order valence-electron chi connectivity index (χ3n) is 7.08. The van der Waals surface area contributed by atoms with E-state index in [0.29, 0.717) is 5.92 Å². The van der Waals surface area contributed by atoms with Gasteiger partial charge in [-0.2, -0.15) is 0 Å². The fourth-order valence-electron chi connectivity index (χ4n) is 5.34. The Bertz CT molecular complexity index is 1740. The van der Waals surface area contributed by atoms with Gasteiger partial charge in [-0.05, 0) is 82.3 Å². The Hall–Kier alpha value is -3.17. The highest BCUT2D eigenvalue weighted by Crippen LogP contribution is 2.42. The predicted octanol–water partition coefficient (Wildman–Crippen LogP) is 9.82. The van der Waals surface area contributed by atoms with E-state index in [1.807, 2.05) is 23.6 Å². The van der Waals surface area contributed by atoms with Crippen molar-refractivity contribution in [3.05, 3.63) is 76.8 Å². The van der Waals surface area contributed by atoms with E-state index < -0.39 is 0 Å². The van der Waals surface area contributed by atoms with Crippen molar-refractivity contribution in [1.82, 2.24) is 4.98 Å². The number of hydrogen-bond acceptors (Lipinski definition) is 3. The van der Waals surface area contributed by atoms with Crippen LogP contribution in [0, 0.1) is 12.8 Å². The van der Waals surface area contributed by atoms with Crippen LogP contribution in [0.4, 0.5) is 0 Å². The lowest BCUT2D eigenvalue weighted by Gasteiger charge is -2.22. The molecule has 0 saturated carbocycles.